The van der Waals surface area contributed by atoms with Crippen LogP contribution in [0.3, 0.4) is 0 Å². The molecule has 1 aliphatic rings. The number of benzene rings is 2. The standard InChI is InChI=1S/C27H27N5O3S/c1-3-23(25(33)29-27-31-30-17(2)36-27)35-26(34)24-19-11-7-8-12-21(19)28-22-13-14-32(16-20(22)24)15-18-9-5-4-6-10-18/h4-12,23H,3,13-16H2,1-2H3,(H,29,31,33). The van der Waals surface area contributed by atoms with Crippen LogP contribution in [0.2, 0.25) is 0 Å². The Morgan fingerprint density at radius 3 is 2.64 bits per heavy atom. The molecule has 1 N–H and O–H groups in total. The third kappa shape index (κ3) is 5.12. The van der Waals surface area contributed by atoms with Crippen molar-refractivity contribution in [1.29, 1.82) is 0 Å². The van der Waals surface area contributed by atoms with Crippen LogP contribution in [0.5, 0.6) is 0 Å². The van der Waals surface area contributed by atoms with Gasteiger partial charge in [0.25, 0.3) is 5.91 Å². The maximum Gasteiger partial charge on any atom is 0.340 e. The van der Waals surface area contributed by atoms with Crippen LogP contribution in [-0.4, -0.2) is 44.6 Å². The van der Waals surface area contributed by atoms with E-state index in [1.54, 1.807) is 0 Å². The van der Waals surface area contributed by atoms with Crippen LogP contribution in [-0.2, 0) is 29.0 Å². The molecule has 36 heavy (non-hydrogen) atoms. The first kappa shape index (κ1) is 24.0. The van der Waals surface area contributed by atoms with E-state index in [1.165, 1.54) is 16.9 Å². The third-order valence-corrected chi connectivity index (χ3v) is 7.00. The first-order chi connectivity index (χ1) is 17.5. The third-order valence-electron chi connectivity index (χ3n) is 6.25. The Balaban J connectivity index is 1.43. The molecule has 2 aromatic carbocycles. The molecule has 0 radical (unpaired) electrons. The zero-order valence-electron chi connectivity index (χ0n) is 20.2. The van der Waals surface area contributed by atoms with Gasteiger partial charge in [-0.05, 0) is 25.0 Å². The summed E-state index contributed by atoms with van der Waals surface area (Å²) >= 11 is 1.27. The molecule has 1 atom stereocenters. The molecular weight excluding hydrogens is 474 g/mol. The maximum absolute atomic E-state index is 13.7. The Morgan fingerprint density at radius 1 is 1.11 bits per heavy atom. The van der Waals surface area contributed by atoms with E-state index in [4.69, 9.17) is 9.72 Å². The molecule has 8 nitrogen and oxygen atoms in total. The van der Waals surface area contributed by atoms with Gasteiger partial charge >= 0.3 is 5.97 Å². The van der Waals surface area contributed by atoms with E-state index < -0.39 is 18.0 Å². The molecule has 2 aromatic heterocycles. The lowest BCUT2D eigenvalue weighted by Gasteiger charge is -2.30. The zero-order chi connectivity index (χ0) is 25.1. The molecule has 1 amide bonds. The van der Waals surface area contributed by atoms with Gasteiger partial charge in [-0.3, -0.25) is 20.0 Å². The highest BCUT2D eigenvalue weighted by molar-refractivity contribution is 7.15. The van der Waals surface area contributed by atoms with E-state index >= 15 is 0 Å². The van der Waals surface area contributed by atoms with Gasteiger partial charge in [0.05, 0.1) is 11.1 Å². The predicted molar refractivity (Wildman–Crippen MR) is 139 cm³/mol. The number of fused-ring (bicyclic) bond motifs is 2. The minimum absolute atomic E-state index is 0.334. The number of hydrogen-bond acceptors (Lipinski definition) is 8. The number of amides is 1. The summed E-state index contributed by atoms with van der Waals surface area (Å²) in [7, 11) is 0. The highest BCUT2D eigenvalue weighted by Gasteiger charge is 2.30. The fraction of sp³-hybridized carbons (Fsp3) is 0.296. The molecule has 4 aromatic rings. The van der Waals surface area contributed by atoms with Gasteiger partial charge in [0, 0.05) is 42.7 Å². The van der Waals surface area contributed by atoms with Gasteiger partial charge in [-0.15, -0.1) is 10.2 Å². The van der Waals surface area contributed by atoms with Crippen molar-refractivity contribution in [2.24, 2.45) is 0 Å². The number of carbonyl (C=O) groups excluding carboxylic acids is 2. The molecule has 0 bridgehead atoms. The van der Waals surface area contributed by atoms with E-state index in [0.29, 0.717) is 23.7 Å². The summed E-state index contributed by atoms with van der Waals surface area (Å²) in [6.07, 6.45) is 0.121. The number of hydrogen-bond donors (Lipinski definition) is 1. The Bertz CT molecular complexity index is 1410. The van der Waals surface area contributed by atoms with E-state index in [9.17, 15) is 9.59 Å². The largest absolute Gasteiger partial charge is 0.449 e. The number of rotatable bonds is 7. The van der Waals surface area contributed by atoms with Crippen LogP contribution < -0.4 is 5.32 Å². The van der Waals surface area contributed by atoms with Crippen LogP contribution in [0, 0.1) is 6.92 Å². The minimum atomic E-state index is -0.951. The molecule has 1 aliphatic heterocycles. The first-order valence-corrected chi connectivity index (χ1v) is 12.8. The Morgan fingerprint density at radius 2 is 1.89 bits per heavy atom. The van der Waals surface area contributed by atoms with Gasteiger partial charge in [0.1, 0.15) is 5.01 Å². The second-order valence-electron chi connectivity index (χ2n) is 8.79. The lowest BCUT2D eigenvalue weighted by atomic mass is 9.95. The van der Waals surface area contributed by atoms with Crippen molar-refractivity contribution in [3.63, 3.8) is 0 Å². The summed E-state index contributed by atoms with van der Waals surface area (Å²) in [6, 6.07) is 17.9. The van der Waals surface area contributed by atoms with Gasteiger partial charge in [-0.2, -0.15) is 0 Å². The lowest BCUT2D eigenvalue weighted by molar-refractivity contribution is -0.124. The van der Waals surface area contributed by atoms with Gasteiger partial charge in [0.15, 0.2) is 6.10 Å². The summed E-state index contributed by atoms with van der Waals surface area (Å²) in [5.41, 5.74) is 4.24. The predicted octanol–water partition coefficient (Wildman–Crippen LogP) is 4.53. The summed E-state index contributed by atoms with van der Waals surface area (Å²) in [5, 5.41) is 12.4. The normalized spacial score (nSPS) is 14.3. The molecule has 0 aliphatic carbocycles. The van der Waals surface area contributed by atoms with Crippen LogP contribution in [0.1, 0.15) is 45.5 Å². The number of aromatic nitrogens is 3. The highest BCUT2D eigenvalue weighted by Crippen LogP contribution is 2.30. The van der Waals surface area contributed by atoms with Crippen LogP contribution in [0.25, 0.3) is 10.9 Å². The SMILES string of the molecule is CCC(OC(=O)c1c2c(nc3ccccc13)CCN(Cc1ccccc1)C2)C(=O)Nc1nnc(C)s1. The average molecular weight is 502 g/mol. The van der Waals surface area contributed by atoms with Crippen LogP contribution in [0.4, 0.5) is 5.13 Å². The number of anilines is 1. The maximum atomic E-state index is 13.7. The molecule has 0 fully saturated rings. The molecular formula is C27H27N5O3S. The number of carbonyl (C=O) groups is 2. The molecule has 1 unspecified atom stereocenters. The van der Waals surface area contributed by atoms with E-state index in [2.05, 4.69) is 32.5 Å². The number of pyridine rings is 1. The summed E-state index contributed by atoms with van der Waals surface area (Å²) in [4.78, 5) is 33.7. The number of nitrogens with one attached hydrogen (secondary N) is 1. The molecule has 184 valence electrons. The number of nitrogens with zero attached hydrogens (tertiary/aromatic N) is 4. The van der Waals surface area contributed by atoms with Crippen molar-refractivity contribution in [3.05, 3.63) is 82.0 Å². The van der Waals surface area contributed by atoms with Gasteiger partial charge < -0.3 is 4.74 Å². The zero-order valence-corrected chi connectivity index (χ0v) is 21.0. The molecule has 5 rings (SSSR count). The number of aryl methyl sites for hydroxylation is 1. The van der Waals surface area contributed by atoms with Crippen molar-refractivity contribution in [2.75, 3.05) is 11.9 Å². The minimum Gasteiger partial charge on any atom is -0.449 e. The second-order valence-corrected chi connectivity index (χ2v) is 9.97. The van der Waals surface area contributed by atoms with Crippen LogP contribution in [0.15, 0.2) is 54.6 Å². The van der Waals surface area contributed by atoms with E-state index in [0.717, 1.165) is 46.7 Å². The first-order valence-electron chi connectivity index (χ1n) is 12.0. The summed E-state index contributed by atoms with van der Waals surface area (Å²) < 4.78 is 5.81. The molecule has 0 saturated carbocycles. The number of ether oxygens (including phenoxy) is 1. The average Bonchev–Trinajstić information content (AvgIpc) is 3.30. The monoisotopic (exact) mass is 501 g/mol. The molecule has 9 heteroatoms. The fourth-order valence-corrected chi connectivity index (χ4v) is 5.09. The van der Waals surface area contributed by atoms with Gasteiger partial charge in [-0.25, -0.2) is 4.79 Å². The molecule has 0 saturated heterocycles. The Hall–Kier alpha value is -3.69. The van der Waals surface area contributed by atoms with Crippen LogP contribution >= 0.6 is 11.3 Å². The van der Waals surface area contributed by atoms with Gasteiger partial charge in [0.2, 0.25) is 5.13 Å². The van der Waals surface area contributed by atoms with Crippen molar-refractivity contribution in [3.8, 4) is 0 Å². The quantitative estimate of drug-likeness (QED) is 0.372. The number of para-hydroxylation sites is 1. The smallest absolute Gasteiger partial charge is 0.340 e. The Kier molecular flexibility index (Phi) is 7.02. The Labute approximate surface area is 213 Å². The fourth-order valence-electron chi connectivity index (χ4n) is 4.50. The highest BCUT2D eigenvalue weighted by atomic mass is 32.1. The van der Waals surface area contributed by atoms with Crippen molar-refractivity contribution >= 4 is 39.2 Å². The van der Waals surface area contributed by atoms with E-state index in [1.807, 2.05) is 56.3 Å². The van der Waals surface area contributed by atoms with Crippen molar-refractivity contribution in [1.82, 2.24) is 20.1 Å². The second kappa shape index (κ2) is 10.5. The van der Waals surface area contributed by atoms with Crippen molar-refractivity contribution in [2.45, 2.75) is 45.9 Å². The van der Waals surface area contributed by atoms with Gasteiger partial charge in [-0.1, -0.05) is 66.8 Å². The lowest BCUT2D eigenvalue weighted by Crippen LogP contribution is -2.34. The summed E-state index contributed by atoms with van der Waals surface area (Å²) in [6.45, 7) is 5.83. The summed E-state index contributed by atoms with van der Waals surface area (Å²) in [5.74, 6) is -0.929. The molecule has 3 heterocycles. The number of esters is 1. The molecule has 0 spiro atoms. The van der Waals surface area contributed by atoms with E-state index in [-0.39, 0.29) is 0 Å². The topological polar surface area (TPSA) is 97.3 Å². The van der Waals surface area contributed by atoms with Crippen molar-refractivity contribution < 1.29 is 14.3 Å².